The monoisotopic (exact) mass is 450 g/mol. The number of hydrogen-bond acceptors (Lipinski definition) is 4. The molecule has 2 heterocycles. The Hall–Kier alpha value is -4.06. The summed E-state index contributed by atoms with van der Waals surface area (Å²) >= 11 is 0. The van der Waals surface area contributed by atoms with E-state index in [-0.39, 0.29) is 11.8 Å². The quantitative estimate of drug-likeness (QED) is 0.588. The molecule has 6 nitrogen and oxygen atoms in total. The predicted molar refractivity (Wildman–Crippen MR) is 132 cm³/mol. The van der Waals surface area contributed by atoms with Gasteiger partial charge in [0.25, 0.3) is 11.8 Å². The lowest BCUT2D eigenvalue weighted by atomic mass is 9.70. The molecule has 2 atom stereocenters. The van der Waals surface area contributed by atoms with Gasteiger partial charge in [-0.1, -0.05) is 90.5 Å². The predicted octanol–water partition coefficient (Wildman–Crippen LogP) is 4.06. The van der Waals surface area contributed by atoms with Crippen molar-refractivity contribution in [2.45, 2.75) is 12.8 Å². The van der Waals surface area contributed by atoms with Gasteiger partial charge < -0.3 is 0 Å². The van der Waals surface area contributed by atoms with E-state index in [2.05, 4.69) is 10.2 Å². The number of aryl methyl sites for hydroxylation is 1. The molecule has 0 fully saturated rings. The highest BCUT2D eigenvalue weighted by Gasteiger charge is 2.50. The van der Waals surface area contributed by atoms with E-state index in [1.165, 1.54) is 10.0 Å². The summed E-state index contributed by atoms with van der Waals surface area (Å²) in [4.78, 5) is 27.2. The molecule has 0 saturated heterocycles. The molecule has 0 N–H and O–H groups in total. The van der Waals surface area contributed by atoms with E-state index < -0.39 is 17.8 Å². The summed E-state index contributed by atoms with van der Waals surface area (Å²) in [6.45, 7) is 2.02. The smallest absolute Gasteiger partial charge is 0.252 e. The second kappa shape index (κ2) is 8.71. The van der Waals surface area contributed by atoms with Crippen LogP contribution in [0.15, 0.2) is 95.1 Å². The van der Waals surface area contributed by atoms with E-state index in [1.807, 2.05) is 91.9 Å². The maximum atomic E-state index is 13.6. The Morgan fingerprint density at radius 2 is 1.06 bits per heavy atom. The molecule has 3 aromatic rings. The Morgan fingerprint density at radius 1 is 0.647 bits per heavy atom. The van der Waals surface area contributed by atoms with E-state index in [4.69, 9.17) is 0 Å². The highest BCUT2D eigenvalue weighted by atomic mass is 16.2. The van der Waals surface area contributed by atoms with Crippen LogP contribution < -0.4 is 0 Å². The van der Waals surface area contributed by atoms with Crippen molar-refractivity contribution >= 4 is 23.2 Å². The van der Waals surface area contributed by atoms with Crippen LogP contribution in [-0.4, -0.2) is 47.4 Å². The Bertz CT molecular complexity index is 1200. The Morgan fingerprint density at radius 3 is 1.47 bits per heavy atom. The highest BCUT2D eigenvalue weighted by Crippen LogP contribution is 2.42. The summed E-state index contributed by atoms with van der Waals surface area (Å²) in [7, 11) is 3.35. The summed E-state index contributed by atoms with van der Waals surface area (Å²) in [5.74, 6) is -1.96. The van der Waals surface area contributed by atoms with Gasteiger partial charge in [-0.25, -0.2) is 10.0 Å². The van der Waals surface area contributed by atoms with Gasteiger partial charge in [-0.2, -0.15) is 10.2 Å². The van der Waals surface area contributed by atoms with Gasteiger partial charge in [-0.3, -0.25) is 9.59 Å². The summed E-state index contributed by atoms with van der Waals surface area (Å²) in [5, 5.41) is 12.1. The number of nitrogens with zero attached hydrogens (tertiary/aromatic N) is 4. The molecule has 34 heavy (non-hydrogen) atoms. The standard InChI is InChI=1S/C28H26N4O2/c1-18-14-16-19(17-15-18)22(23-25(29-31(2)27(23)33)20-10-6-4-7-11-20)24-26(30-32(3)28(24)34)21-12-8-5-9-13-21/h4-17,22-24H,1-3H3/t23-,24-/m0/s1. The molecule has 2 aliphatic rings. The molecule has 0 unspecified atom stereocenters. The molecule has 0 aromatic heterocycles. The van der Waals surface area contributed by atoms with Crippen molar-refractivity contribution in [1.82, 2.24) is 10.0 Å². The van der Waals surface area contributed by atoms with E-state index in [0.717, 1.165) is 22.3 Å². The molecule has 170 valence electrons. The van der Waals surface area contributed by atoms with Gasteiger partial charge in [0.15, 0.2) is 0 Å². The summed E-state index contributed by atoms with van der Waals surface area (Å²) in [6.07, 6.45) is 0. The molecule has 2 amide bonds. The number of carbonyl (C=O) groups is 2. The zero-order valence-electron chi connectivity index (χ0n) is 19.4. The third-order valence-corrected chi connectivity index (χ3v) is 6.59. The van der Waals surface area contributed by atoms with Crippen LogP contribution in [0.5, 0.6) is 0 Å². The largest absolute Gasteiger partial charge is 0.272 e. The van der Waals surface area contributed by atoms with Crippen molar-refractivity contribution < 1.29 is 9.59 Å². The first-order valence-electron chi connectivity index (χ1n) is 11.3. The fourth-order valence-electron chi connectivity index (χ4n) is 4.89. The van der Waals surface area contributed by atoms with E-state index in [0.29, 0.717) is 11.4 Å². The zero-order valence-corrected chi connectivity index (χ0v) is 19.4. The molecule has 0 radical (unpaired) electrons. The molecule has 2 aliphatic heterocycles. The van der Waals surface area contributed by atoms with Gasteiger partial charge in [0, 0.05) is 20.0 Å². The molecule has 0 bridgehead atoms. The van der Waals surface area contributed by atoms with Crippen molar-refractivity contribution in [3.05, 3.63) is 107 Å². The van der Waals surface area contributed by atoms with Gasteiger partial charge >= 0.3 is 0 Å². The topological polar surface area (TPSA) is 65.3 Å². The van der Waals surface area contributed by atoms with Crippen LogP contribution in [0.3, 0.4) is 0 Å². The van der Waals surface area contributed by atoms with Crippen LogP contribution in [0.2, 0.25) is 0 Å². The second-order valence-corrected chi connectivity index (χ2v) is 8.82. The zero-order chi connectivity index (χ0) is 23.8. The van der Waals surface area contributed by atoms with Gasteiger partial charge in [0.2, 0.25) is 0 Å². The van der Waals surface area contributed by atoms with Gasteiger partial charge in [0.1, 0.15) is 0 Å². The first kappa shape index (κ1) is 21.8. The molecular weight excluding hydrogens is 424 g/mol. The van der Waals surface area contributed by atoms with Crippen LogP contribution >= 0.6 is 0 Å². The average molecular weight is 451 g/mol. The minimum absolute atomic E-state index is 0.126. The molecule has 3 aromatic carbocycles. The Balaban J connectivity index is 1.70. The highest BCUT2D eigenvalue weighted by molar-refractivity contribution is 6.20. The van der Waals surface area contributed by atoms with Crippen molar-refractivity contribution in [1.29, 1.82) is 0 Å². The molecular formula is C28H26N4O2. The van der Waals surface area contributed by atoms with Crippen LogP contribution in [-0.2, 0) is 9.59 Å². The third kappa shape index (κ3) is 3.71. The summed E-state index contributed by atoms with van der Waals surface area (Å²) < 4.78 is 0. The molecule has 0 spiro atoms. The van der Waals surface area contributed by atoms with Crippen LogP contribution in [0.4, 0.5) is 0 Å². The van der Waals surface area contributed by atoms with Gasteiger partial charge in [-0.05, 0) is 23.6 Å². The molecule has 0 saturated carbocycles. The number of rotatable bonds is 5. The van der Waals surface area contributed by atoms with Crippen molar-refractivity contribution in [2.24, 2.45) is 22.0 Å². The first-order valence-corrected chi connectivity index (χ1v) is 11.3. The minimum Gasteiger partial charge on any atom is -0.272 e. The maximum Gasteiger partial charge on any atom is 0.252 e. The lowest BCUT2D eigenvalue weighted by molar-refractivity contribution is -0.133. The van der Waals surface area contributed by atoms with E-state index in [9.17, 15) is 9.59 Å². The number of hydrogen-bond donors (Lipinski definition) is 0. The number of benzene rings is 3. The third-order valence-electron chi connectivity index (χ3n) is 6.59. The minimum atomic E-state index is -0.621. The lowest BCUT2D eigenvalue weighted by Crippen LogP contribution is -2.40. The van der Waals surface area contributed by atoms with E-state index >= 15 is 0 Å². The van der Waals surface area contributed by atoms with Gasteiger partial charge in [-0.15, -0.1) is 0 Å². The molecule has 5 rings (SSSR count). The van der Waals surface area contributed by atoms with Crippen molar-refractivity contribution in [2.75, 3.05) is 14.1 Å². The van der Waals surface area contributed by atoms with Gasteiger partial charge in [0.05, 0.1) is 23.3 Å². The fraction of sp³-hybridized carbons (Fsp3) is 0.214. The SMILES string of the molecule is Cc1ccc(C([C@@H]2C(=O)N(C)N=C2c2ccccc2)[C@@H]2C(=O)N(C)N=C2c2ccccc2)cc1. The average Bonchev–Trinajstić information content (AvgIpc) is 3.32. The van der Waals surface area contributed by atoms with Crippen LogP contribution in [0, 0.1) is 18.8 Å². The number of amides is 2. The summed E-state index contributed by atoms with van der Waals surface area (Å²) in [5.41, 5.74) is 5.13. The maximum absolute atomic E-state index is 13.6. The molecule has 6 heteroatoms. The number of carbonyl (C=O) groups excluding carboxylic acids is 2. The van der Waals surface area contributed by atoms with E-state index in [1.54, 1.807) is 14.1 Å². The normalized spacial score (nSPS) is 20.2. The van der Waals surface area contributed by atoms with Crippen molar-refractivity contribution in [3.63, 3.8) is 0 Å². The summed E-state index contributed by atoms with van der Waals surface area (Å²) in [6, 6.07) is 27.5. The Labute approximate surface area is 199 Å². The number of hydrazone groups is 2. The van der Waals surface area contributed by atoms with Crippen LogP contribution in [0.1, 0.15) is 28.2 Å². The van der Waals surface area contributed by atoms with Crippen molar-refractivity contribution in [3.8, 4) is 0 Å². The van der Waals surface area contributed by atoms with Crippen LogP contribution in [0.25, 0.3) is 0 Å². The lowest BCUT2D eigenvalue weighted by Gasteiger charge is -2.29. The fourth-order valence-corrected chi connectivity index (χ4v) is 4.89. The second-order valence-electron chi connectivity index (χ2n) is 8.82. The first-order chi connectivity index (χ1) is 16.5. The molecule has 0 aliphatic carbocycles. The Kier molecular flexibility index (Phi) is 5.57.